The zero-order valence-electron chi connectivity index (χ0n) is 10.5. The highest BCUT2D eigenvalue weighted by Gasteiger charge is 2.35. The van der Waals surface area contributed by atoms with Crippen LogP contribution >= 0.6 is 0 Å². The van der Waals surface area contributed by atoms with E-state index in [9.17, 15) is 4.79 Å². The number of hydrogen-bond donors (Lipinski definition) is 1. The minimum absolute atomic E-state index is 0.0691. The van der Waals surface area contributed by atoms with Crippen LogP contribution < -0.4 is 10.1 Å². The van der Waals surface area contributed by atoms with E-state index < -0.39 is 0 Å². The van der Waals surface area contributed by atoms with Crippen LogP contribution in [0.2, 0.25) is 0 Å². The Morgan fingerprint density at radius 2 is 2.06 bits per heavy atom. The van der Waals surface area contributed by atoms with E-state index in [0.29, 0.717) is 6.42 Å². The van der Waals surface area contributed by atoms with Gasteiger partial charge in [-0.15, -0.1) is 0 Å². The predicted molar refractivity (Wildman–Crippen MR) is 67.2 cm³/mol. The molecule has 1 aromatic rings. The van der Waals surface area contributed by atoms with Crippen molar-refractivity contribution in [1.82, 2.24) is 5.32 Å². The van der Waals surface area contributed by atoms with E-state index in [-0.39, 0.29) is 11.3 Å². The van der Waals surface area contributed by atoms with Crippen LogP contribution in [-0.4, -0.2) is 19.1 Å². The van der Waals surface area contributed by atoms with Gasteiger partial charge in [0.15, 0.2) is 0 Å². The molecular weight excluding hydrogens is 214 g/mol. The molecule has 2 rings (SSSR count). The van der Waals surface area contributed by atoms with Crippen LogP contribution in [0.5, 0.6) is 5.75 Å². The van der Waals surface area contributed by atoms with Crippen molar-refractivity contribution in [3.8, 4) is 5.75 Å². The molecule has 0 spiro atoms. The highest BCUT2D eigenvalue weighted by Crippen LogP contribution is 2.31. The minimum Gasteiger partial charge on any atom is -0.494 e. The number of amides is 1. The molecule has 1 aliphatic rings. The normalized spacial score (nSPS) is 23.5. The quantitative estimate of drug-likeness (QED) is 0.866. The van der Waals surface area contributed by atoms with E-state index in [1.165, 1.54) is 5.56 Å². The number of carbonyl (C=O) groups excluding carboxylic acids is 1. The first kappa shape index (κ1) is 12.0. The Bertz CT molecular complexity index is 399. The molecule has 1 atom stereocenters. The van der Waals surface area contributed by atoms with E-state index in [4.69, 9.17) is 4.74 Å². The summed E-state index contributed by atoms with van der Waals surface area (Å²) in [6, 6.07) is 8.09. The zero-order valence-corrected chi connectivity index (χ0v) is 10.5. The fourth-order valence-corrected chi connectivity index (χ4v) is 2.15. The van der Waals surface area contributed by atoms with Crippen molar-refractivity contribution in [2.45, 2.75) is 32.1 Å². The molecule has 0 aromatic heterocycles. The first-order chi connectivity index (χ1) is 8.14. The predicted octanol–water partition coefficient (Wildman–Crippen LogP) is 2.25. The number of benzene rings is 1. The Kier molecular flexibility index (Phi) is 3.36. The lowest BCUT2D eigenvalue weighted by atomic mass is 9.82. The summed E-state index contributed by atoms with van der Waals surface area (Å²) in [5.74, 6) is 1.04. The molecule has 3 nitrogen and oxygen atoms in total. The molecule has 1 unspecified atom stereocenters. The molecule has 1 aliphatic heterocycles. The fraction of sp³-hybridized carbons (Fsp3) is 0.500. The van der Waals surface area contributed by atoms with Crippen LogP contribution in [0.1, 0.15) is 32.3 Å². The lowest BCUT2D eigenvalue weighted by molar-refractivity contribution is -0.119. The highest BCUT2D eigenvalue weighted by atomic mass is 16.5. The summed E-state index contributed by atoms with van der Waals surface area (Å²) in [5.41, 5.74) is 1.13. The number of hydrogen-bond acceptors (Lipinski definition) is 2. The molecule has 1 aromatic carbocycles. The summed E-state index contributed by atoms with van der Waals surface area (Å²) in [7, 11) is 0. The molecule has 1 amide bonds. The van der Waals surface area contributed by atoms with Crippen LogP contribution in [-0.2, 0) is 10.2 Å². The maximum absolute atomic E-state index is 11.3. The second kappa shape index (κ2) is 4.78. The van der Waals surface area contributed by atoms with E-state index in [2.05, 4.69) is 31.3 Å². The minimum atomic E-state index is -0.0691. The smallest absolute Gasteiger partial charge is 0.220 e. The molecule has 92 valence electrons. The molecule has 0 radical (unpaired) electrons. The fourth-order valence-electron chi connectivity index (χ4n) is 2.15. The second-order valence-corrected chi connectivity index (χ2v) is 4.89. The van der Waals surface area contributed by atoms with Gasteiger partial charge in [0.25, 0.3) is 0 Å². The van der Waals surface area contributed by atoms with Gasteiger partial charge in [-0.3, -0.25) is 4.79 Å². The van der Waals surface area contributed by atoms with Gasteiger partial charge in [0.05, 0.1) is 6.61 Å². The Balaban J connectivity index is 2.09. The van der Waals surface area contributed by atoms with Crippen LogP contribution in [0.4, 0.5) is 0 Å². The van der Waals surface area contributed by atoms with Crippen molar-refractivity contribution < 1.29 is 9.53 Å². The van der Waals surface area contributed by atoms with Gasteiger partial charge in [-0.2, -0.15) is 0 Å². The third kappa shape index (κ3) is 2.60. The number of ether oxygens (including phenoxy) is 1. The molecule has 0 aliphatic carbocycles. The van der Waals surface area contributed by atoms with Gasteiger partial charge >= 0.3 is 0 Å². The molecule has 1 saturated heterocycles. The molecule has 1 fully saturated rings. The van der Waals surface area contributed by atoms with Crippen molar-refractivity contribution in [2.24, 2.45) is 0 Å². The van der Waals surface area contributed by atoms with Crippen molar-refractivity contribution >= 4 is 5.91 Å². The molecule has 0 bridgehead atoms. The molecule has 3 heteroatoms. The van der Waals surface area contributed by atoms with Crippen LogP contribution in [0, 0.1) is 0 Å². The first-order valence-electron chi connectivity index (χ1n) is 6.14. The summed E-state index contributed by atoms with van der Waals surface area (Å²) in [6.07, 6.45) is 1.58. The average Bonchev–Trinajstić information content (AvgIpc) is 2.68. The van der Waals surface area contributed by atoms with Crippen LogP contribution in [0.25, 0.3) is 0 Å². The highest BCUT2D eigenvalue weighted by molar-refractivity contribution is 5.80. The SMILES string of the molecule is CCCOc1ccc(C2(C)CNC(=O)C2)cc1. The first-order valence-corrected chi connectivity index (χ1v) is 6.14. The molecule has 0 saturated carbocycles. The Morgan fingerprint density at radius 1 is 1.35 bits per heavy atom. The maximum atomic E-state index is 11.3. The monoisotopic (exact) mass is 233 g/mol. The number of rotatable bonds is 4. The Morgan fingerprint density at radius 3 is 2.59 bits per heavy atom. The zero-order chi connectivity index (χ0) is 12.3. The summed E-state index contributed by atoms with van der Waals surface area (Å²) in [5, 5.41) is 2.89. The van der Waals surface area contributed by atoms with Gasteiger partial charge in [-0.05, 0) is 24.1 Å². The summed E-state index contributed by atoms with van der Waals surface area (Å²) in [4.78, 5) is 11.3. The van der Waals surface area contributed by atoms with Gasteiger partial charge in [0, 0.05) is 18.4 Å². The standard InChI is InChI=1S/C14H19NO2/c1-3-8-17-12-6-4-11(5-7-12)14(2)9-13(16)15-10-14/h4-7H,3,8-10H2,1-2H3,(H,15,16). The second-order valence-electron chi connectivity index (χ2n) is 4.89. The van der Waals surface area contributed by atoms with Crippen molar-refractivity contribution in [2.75, 3.05) is 13.2 Å². The summed E-state index contributed by atoms with van der Waals surface area (Å²) < 4.78 is 5.54. The van der Waals surface area contributed by atoms with Gasteiger partial charge in [-0.1, -0.05) is 26.0 Å². The van der Waals surface area contributed by atoms with Crippen molar-refractivity contribution in [1.29, 1.82) is 0 Å². The van der Waals surface area contributed by atoms with E-state index in [1.54, 1.807) is 0 Å². The van der Waals surface area contributed by atoms with E-state index in [1.807, 2.05) is 12.1 Å². The topological polar surface area (TPSA) is 38.3 Å². The van der Waals surface area contributed by atoms with Crippen LogP contribution in [0.15, 0.2) is 24.3 Å². The lowest BCUT2D eigenvalue weighted by Gasteiger charge is -2.22. The van der Waals surface area contributed by atoms with Crippen LogP contribution in [0.3, 0.4) is 0 Å². The van der Waals surface area contributed by atoms with Crippen molar-refractivity contribution in [3.05, 3.63) is 29.8 Å². The Labute approximate surface area is 102 Å². The summed E-state index contributed by atoms with van der Waals surface area (Å²) >= 11 is 0. The van der Waals surface area contributed by atoms with Gasteiger partial charge in [-0.25, -0.2) is 0 Å². The third-order valence-corrected chi connectivity index (χ3v) is 3.25. The molecule has 1 N–H and O–H groups in total. The largest absolute Gasteiger partial charge is 0.494 e. The average molecular weight is 233 g/mol. The Hall–Kier alpha value is -1.51. The van der Waals surface area contributed by atoms with Gasteiger partial charge in [0.1, 0.15) is 5.75 Å². The molecule has 17 heavy (non-hydrogen) atoms. The van der Waals surface area contributed by atoms with Gasteiger partial charge in [0.2, 0.25) is 5.91 Å². The number of nitrogens with one attached hydrogen (secondary N) is 1. The van der Waals surface area contributed by atoms with E-state index in [0.717, 1.165) is 25.3 Å². The third-order valence-electron chi connectivity index (χ3n) is 3.25. The number of carbonyl (C=O) groups is 1. The van der Waals surface area contributed by atoms with Crippen molar-refractivity contribution in [3.63, 3.8) is 0 Å². The van der Waals surface area contributed by atoms with Gasteiger partial charge < -0.3 is 10.1 Å². The maximum Gasteiger partial charge on any atom is 0.220 e. The van der Waals surface area contributed by atoms with E-state index >= 15 is 0 Å². The molecular formula is C14H19NO2. The molecule has 1 heterocycles. The summed E-state index contributed by atoms with van der Waals surface area (Å²) in [6.45, 7) is 5.68. The lowest BCUT2D eigenvalue weighted by Crippen LogP contribution is -2.24.